The third-order valence-electron chi connectivity index (χ3n) is 5.04. The quantitative estimate of drug-likeness (QED) is 0.636. The van der Waals surface area contributed by atoms with Crippen molar-refractivity contribution in [3.63, 3.8) is 0 Å². The van der Waals surface area contributed by atoms with Crippen molar-refractivity contribution in [1.82, 2.24) is 9.62 Å². The van der Waals surface area contributed by atoms with Crippen molar-refractivity contribution >= 4 is 27.5 Å². The number of ether oxygens (including phenoxy) is 1. The van der Waals surface area contributed by atoms with Gasteiger partial charge in [-0.05, 0) is 54.8 Å². The molecule has 0 bridgehead atoms. The first-order chi connectivity index (χ1) is 15.0. The molecule has 0 aromatic heterocycles. The van der Waals surface area contributed by atoms with Crippen molar-refractivity contribution in [3.8, 4) is 5.75 Å². The number of sulfonamides is 1. The molecule has 32 heavy (non-hydrogen) atoms. The SMILES string of the molecule is O=C(NCc1cccc(OCC(F)(F)F)c1)C1CCN(S(=O)(=O)c2ccc(Cl)cc2)CC1. The summed E-state index contributed by atoms with van der Waals surface area (Å²) in [7, 11) is -3.65. The van der Waals surface area contributed by atoms with Gasteiger partial charge >= 0.3 is 6.18 Å². The van der Waals surface area contributed by atoms with Crippen molar-refractivity contribution in [2.75, 3.05) is 19.7 Å². The number of hydrogen-bond donors (Lipinski definition) is 1. The smallest absolute Gasteiger partial charge is 0.422 e. The second-order valence-corrected chi connectivity index (χ2v) is 9.78. The Morgan fingerprint density at radius 2 is 1.78 bits per heavy atom. The lowest BCUT2D eigenvalue weighted by Gasteiger charge is -2.30. The highest BCUT2D eigenvalue weighted by Gasteiger charge is 2.32. The monoisotopic (exact) mass is 490 g/mol. The molecule has 0 spiro atoms. The number of hydrogen-bond acceptors (Lipinski definition) is 4. The van der Waals surface area contributed by atoms with Crippen LogP contribution in [0.2, 0.25) is 5.02 Å². The number of piperidine rings is 1. The van der Waals surface area contributed by atoms with Gasteiger partial charge in [-0.1, -0.05) is 23.7 Å². The van der Waals surface area contributed by atoms with Gasteiger partial charge in [-0.25, -0.2) is 8.42 Å². The average Bonchev–Trinajstić information content (AvgIpc) is 2.76. The summed E-state index contributed by atoms with van der Waals surface area (Å²) in [6.45, 7) is -0.834. The Kier molecular flexibility index (Phi) is 7.68. The molecule has 1 amide bonds. The molecule has 3 rings (SSSR count). The van der Waals surface area contributed by atoms with E-state index in [4.69, 9.17) is 16.3 Å². The van der Waals surface area contributed by atoms with Crippen LogP contribution in [0, 0.1) is 5.92 Å². The summed E-state index contributed by atoms with van der Waals surface area (Å²) in [5.74, 6) is -0.513. The molecule has 0 unspecified atom stereocenters. The summed E-state index contributed by atoms with van der Waals surface area (Å²) in [5.41, 5.74) is 0.598. The van der Waals surface area contributed by atoms with Crippen molar-refractivity contribution in [3.05, 3.63) is 59.1 Å². The standard InChI is InChI=1S/C21H22ClF3N2O4S/c22-17-4-6-19(7-5-17)32(29,30)27-10-8-16(9-11-27)20(28)26-13-15-2-1-3-18(12-15)31-14-21(23,24)25/h1-7,12,16H,8-11,13-14H2,(H,26,28). The van der Waals surface area contributed by atoms with Gasteiger partial charge in [0.15, 0.2) is 6.61 Å². The van der Waals surface area contributed by atoms with E-state index in [1.165, 1.54) is 40.7 Å². The summed E-state index contributed by atoms with van der Waals surface area (Å²) in [5, 5.41) is 3.20. The minimum absolute atomic E-state index is 0.0646. The molecule has 1 aliphatic rings. The molecular weight excluding hydrogens is 469 g/mol. The molecule has 6 nitrogen and oxygen atoms in total. The van der Waals surface area contributed by atoms with Gasteiger partial charge < -0.3 is 10.1 Å². The first-order valence-electron chi connectivity index (χ1n) is 9.86. The number of nitrogens with one attached hydrogen (secondary N) is 1. The van der Waals surface area contributed by atoms with Crippen molar-refractivity contribution < 1.29 is 31.1 Å². The minimum atomic E-state index is -4.43. The highest BCUT2D eigenvalue weighted by Crippen LogP contribution is 2.25. The molecule has 1 N–H and O–H groups in total. The molecule has 0 radical (unpaired) electrons. The summed E-state index contributed by atoms with van der Waals surface area (Å²) in [4.78, 5) is 12.7. The molecule has 0 aliphatic carbocycles. The predicted octanol–water partition coefficient (Wildman–Crippen LogP) is 4.00. The molecule has 1 heterocycles. The van der Waals surface area contributed by atoms with Crippen LogP contribution in [0.15, 0.2) is 53.4 Å². The molecule has 1 fully saturated rings. The maximum Gasteiger partial charge on any atom is 0.422 e. The average molecular weight is 491 g/mol. The number of nitrogens with zero attached hydrogens (tertiary/aromatic N) is 1. The minimum Gasteiger partial charge on any atom is -0.484 e. The Morgan fingerprint density at radius 3 is 2.41 bits per heavy atom. The first-order valence-corrected chi connectivity index (χ1v) is 11.7. The van der Waals surface area contributed by atoms with Crippen LogP contribution >= 0.6 is 11.6 Å². The van der Waals surface area contributed by atoms with Gasteiger partial charge in [0.2, 0.25) is 15.9 Å². The van der Waals surface area contributed by atoms with Crippen molar-refractivity contribution in [2.24, 2.45) is 5.92 Å². The van der Waals surface area contributed by atoms with Crippen LogP contribution in [0.3, 0.4) is 0 Å². The fourth-order valence-electron chi connectivity index (χ4n) is 3.36. The van der Waals surface area contributed by atoms with Crippen LogP contribution in [-0.4, -0.2) is 44.5 Å². The van der Waals surface area contributed by atoms with E-state index in [-0.39, 0.29) is 42.1 Å². The number of rotatable bonds is 7. The molecule has 2 aromatic rings. The largest absolute Gasteiger partial charge is 0.484 e. The van der Waals surface area contributed by atoms with Gasteiger partial charge in [-0.3, -0.25) is 4.79 Å². The van der Waals surface area contributed by atoms with Crippen molar-refractivity contribution in [1.29, 1.82) is 0 Å². The molecule has 1 aliphatic heterocycles. The Bertz CT molecular complexity index is 1040. The number of benzene rings is 2. The van der Waals surface area contributed by atoms with Crippen LogP contribution < -0.4 is 10.1 Å². The number of carbonyl (C=O) groups is 1. The van der Waals surface area contributed by atoms with E-state index in [1.807, 2.05) is 0 Å². The topological polar surface area (TPSA) is 75.7 Å². The van der Waals surface area contributed by atoms with Crippen LogP contribution in [0.5, 0.6) is 5.75 Å². The van der Waals surface area contributed by atoms with Crippen LogP contribution in [0.25, 0.3) is 0 Å². The zero-order valence-corrected chi connectivity index (χ0v) is 18.5. The Morgan fingerprint density at radius 1 is 1.12 bits per heavy atom. The van der Waals surface area contributed by atoms with E-state index in [2.05, 4.69) is 5.32 Å². The van der Waals surface area contributed by atoms with Crippen LogP contribution in [0.1, 0.15) is 18.4 Å². The molecule has 174 valence electrons. The zero-order chi connectivity index (χ0) is 23.4. The summed E-state index contributed by atoms with van der Waals surface area (Å²) < 4.78 is 68.4. The Hall–Kier alpha value is -2.30. The summed E-state index contributed by atoms with van der Waals surface area (Å²) in [6.07, 6.45) is -3.69. The highest BCUT2D eigenvalue weighted by molar-refractivity contribution is 7.89. The fraction of sp³-hybridized carbons (Fsp3) is 0.381. The normalized spacial score (nSPS) is 16.0. The molecule has 0 atom stereocenters. The highest BCUT2D eigenvalue weighted by atomic mass is 35.5. The summed E-state index contributed by atoms with van der Waals surface area (Å²) >= 11 is 5.81. The molecule has 11 heteroatoms. The number of amides is 1. The molecular formula is C21H22ClF3N2O4S. The lowest BCUT2D eigenvalue weighted by Crippen LogP contribution is -2.42. The third-order valence-corrected chi connectivity index (χ3v) is 7.21. The summed E-state index contributed by atoms with van der Waals surface area (Å²) in [6, 6.07) is 12.0. The van der Waals surface area contributed by atoms with Gasteiger partial charge in [-0.2, -0.15) is 17.5 Å². The maximum atomic E-state index is 12.7. The van der Waals surface area contributed by atoms with E-state index >= 15 is 0 Å². The van der Waals surface area contributed by atoms with E-state index in [9.17, 15) is 26.4 Å². The first kappa shape index (κ1) is 24.3. The third kappa shape index (κ3) is 6.60. The molecule has 0 saturated carbocycles. The van der Waals surface area contributed by atoms with Gasteiger partial charge in [0.25, 0.3) is 0 Å². The Labute approximate surface area is 189 Å². The van der Waals surface area contributed by atoms with Gasteiger partial charge in [0.05, 0.1) is 4.90 Å². The number of alkyl halides is 3. The number of carbonyl (C=O) groups excluding carboxylic acids is 1. The number of halogens is 4. The van der Waals surface area contributed by atoms with Gasteiger partial charge in [0, 0.05) is 30.6 Å². The second kappa shape index (κ2) is 10.1. The second-order valence-electron chi connectivity index (χ2n) is 7.40. The molecule has 2 aromatic carbocycles. The van der Waals surface area contributed by atoms with E-state index < -0.39 is 22.8 Å². The van der Waals surface area contributed by atoms with E-state index in [1.54, 1.807) is 12.1 Å². The molecule has 1 saturated heterocycles. The van der Waals surface area contributed by atoms with Crippen LogP contribution in [-0.2, 0) is 21.4 Å². The van der Waals surface area contributed by atoms with E-state index in [0.29, 0.717) is 23.4 Å². The van der Waals surface area contributed by atoms with Crippen LogP contribution in [0.4, 0.5) is 13.2 Å². The van der Waals surface area contributed by atoms with Gasteiger partial charge in [-0.15, -0.1) is 0 Å². The van der Waals surface area contributed by atoms with Gasteiger partial charge in [0.1, 0.15) is 5.75 Å². The van der Waals surface area contributed by atoms with E-state index in [0.717, 1.165) is 0 Å². The van der Waals surface area contributed by atoms with Crippen molar-refractivity contribution in [2.45, 2.75) is 30.5 Å². The Balaban J connectivity index is 1.50. The predicted molar refractivity (Wildman–Crippen MR) is 113 cm³/mol. The zero-order valence-electron chi connectivity index (χ0n) is 16.9. The lowest BCUT2D eigenvalue weighted by atomic mass is 9.97. The lowest BCUT2D eigenvalue weighted by molar-refractivity contribution is -0.153. The maximum absolute atomic E-state index is 12.7. The fourth-order valence-corrected chi connectivity index (χ4v) is 4.95.